The average molecular weight is 441 g/mol. The maximum atomic E-state index is 12.2. The summed E-state index contributed by atoms with van der Waals surface area (Å²) in [6, 6.07) is 13.2. The molecule has 1 unspecified atom stereocenters. The van der Waals surface area contributed by atoms with Gasteiger partial charge in [0.05, 0.1) is 27.9 Å². The van der Waals surface area contributed by atoms with Crippen LogP contribution in [0.2, 0.25) is 5.02 Å². The van der Waals surface area contributed by atoms with E-state index in [-0.39, 0.29) is 17.5 Å². The highest BCUT2D eigenvalue weighted by molar-refractivity contribution is 6.52. The number of alkyl halides is 1. The number of benzene rings is 2. The van der Waals surface area contributed by atoms with Crippen LogP contribution in [0, 0.1) is 0 Å². The summed E-state index contributed by atoms with van der Waals surface area (Å²) in [6.45, 7) is 1.86. The molecule has 3 rings (SSSR count). The van der Waals surface area contributed by atoms with Gasteiger partial charge in [-0.15, -0.1) is 0 Å². The van der Waals surface area contributed by atoms with Gasteiger partial charge < -0.3 is 20.7 Å². The molecule has 2 aromatic carbocycles. The fourth-order valence-electron chi connectivity index (χ4n) is 3.11. The van der Waals surface area contributed by atoms with Crippen molar-refractivity contribution in [3.05, 3.63) is 64.3 Å². The first kappa shape index (κ1) is 20.8. The van der Waals surface area contributed by atoms with Gasteiger partial charge in [-0.2, -0.15) is 0 Å². The molecule has 0 fully saturated rings. The lowest BCUT2D eigenvalue weighted by molar-refractivity contribution is -0.126. The van der Waals surface area contributed by atoms with E-state index in [1.165, 1.54) is 4.90 Å². The van der Waals surface area contributed by atoms with Crippen molar-refractivity contribution in [2.45, 2.75) is 18.5 Å². The van der Waals surface area contributed by atoms with Crippen LogP contribution in [-0.4, -0.2) is 29.4 Å². The fraction of sp³-hybridized carbons (Fsp3) is 0.250. The third-order valence-corrected chi connectivity index (χ3v) is 5.40. The Balaban J connectivity index is 2.08. The molecule has 0 saturated carbocycles. The Kier molecular flexibility index (Phi) is 6.10. The summed E-state index contributed by atoms with van der Waals surface area (Å²) in [6.07, 6.45) is 0. The number of likely N-dealkylation sites (N-methyl/N-ethyl adjacent to an activating group) is 1. The van der Waals surface area contributed by atoms with Crippen LogP contribution in [0.3, 0.4) is 0 Å². The molecular weight excluding hydrogens is 421 g/mol. The number of nitrogens with zero attached hydrogens (tertiary/aromatic N) is 1. The lowest BCUT2D eigenvalue weighted by Crippen LogP contribution is -2.45. The van der Waals surface area contributed by atoms with Crippen molar-refractivity contribution in [3.63, 3.8) is 0 Å². The van der Waals surface area contributed by atoms with Gasteiger partial charge in [0.15, 0.2) is 5.00 Å². The maximum absolute atomic E-state index is 12.2. The molecule has 0 saturated heterocycles. The van der Waals surface area contributed by atoms with Gasteiger partial charge in [0.1, 0.15) is 12.4 Å². The Morgan fingerprint density at radius 1 is 1.21 bits per heavy atom. The van der Waals surface area contributed by atoms with Gasteiger partial charge in [0.25, 0.3) is 0 Å². The number of nitrogens with two attached hydrogens (primary N) is 1. The van der Waals surface area contributed by atoms with Crippen LogP contribution < -0.4 is 15.8 Å². The van der Waals surface area contributed by atoms with E-state index in [0.717, 1.165) is 5.56 Å². The Morgan fingerprint density at radius 3 is 2.54 bits per heavy atom. The van der Waals surface area contributed by atoms with Crippen molar-refractivity contribution in [1.82, 2.24) is 4.90 Å². The van der Waals surface area contributed by atoms with Crippen molar-refractivity contribution in [1.29, 1.82) is 0 Å². The smallest absolute Gasteiger partial charge is 0.240 e. The summed E-state index contributed by atoms with van der Waals surface area (Å²) in [5.74, 6) is 0.0952. The summed E-state index contributed by atoms with van der Waals surface area (Å²) in [5.41, 5.74) is 8.08. The lowest BCUT2D eigenvalue weighted by atomic mass is 10.0. The van der Waals surface area contributed by atoms with Crippen LogP contribution in [0.1, 0.15) is 18.1 Å². The SMILES string of the molecule is CN(C(=O)CN)C1=C(Cl)c2c(ccc(Cl)c2OCc2ccccc2)NC1(C)Cl. The Bertz CT molecular complexity index is 930. The molecule has 1 aliphatic heterocycles. The molecule has 8 heteroatoms. The van der Waals surface area contributed by atoms with Gasteiger partial charge in [0, 0.05) is 12.7 Å². The fourth-order valence-corrected chi connectivity index (χ4v) is 4.20. The number of ether oxygens (including phenoxy) is 1. The summed E-state index contributed by atoms with van der Waals surface area (Å²) >= 11 is 19.8. The first-order valence-electron chi connectivity index (χ1n) is 8.60. The molecule has 0 bridgehead atoms. The number of hydrogen-bond acceptors (Lipinski definition) is 4. The number of halogens is 3. The molecule has 1 heterocycles. The minimum absolute atomic E-state index is 0.170. The summed E-state index contributed by atoms with van der Waals surface area (Å²) < 4.78 is 6.01. The van der Waals surface area contributed by atoms with Crippen molar-refractivity contribution in [3.8, 4) is 5.75 Å². The molecule has 0 aliphatic carbocycles. The zero-order valence-electron chi connectivity index (χ0n) is 15.4. The van der Waals surface area contributed by atoms with E-state index in [1.54, 1.807) is 26.1 Å². The van der Waals surface area contributed by atoms with Crippen LogP contribution in [0.15, 0.2) is 48.2 Å². The second-order valence-electron chi connectivity index (χ2n) is 6.52. The molecule has 5 nitrogen and oxygen atoms in total. The number of carbonyl (C=O) groups excluding carboxylic acids is 1. The topological polar surface area (TPSA) is 67.6 Å². The van der Waals surface area contributed by atoms with E-state index in [1.807, 2.05) is 30.3 Å². The second kappa shape index (κ2) is 8.21. The molecule has 2 aromatic rings. The number of nitrogens with one attached hydrogen (secondary N) is 1. The van der Waals surface area contributed by atoms with Crippen molar-refractivity contribution >= 4 is 51.4 Å². The molecule has 148 valence electrons. The summed E-state index contributed by atoms with van der Waals surface area (Å²) in [5, 5.41) is 3.87. The van der Waals surface area contributed by atoms with Crippen LogP contribution in [0.25, 0.3) is 5.03 Å². The molecule has 0 spiro atoms. The zero-order chi connectivity index (χ0) is 20.5. The van der Waals surface area contributed by atoms with Crippen molar-refractivity contribution < 1.29 is 9.53 Å². The van der Waals surface area contributed by atoms with E-state index < -0.39 is 5.00 Å². The molecule has 28 heavy (non-hydrogen) atoms. The first-order chi connectivity index (χ1) is 13.3. The standard InChI is InChI=1S/C20H20Cl3N3O2/c1-20(23)19(26(2)15(27)10-24)17(22)16-14(25-20)9-8-13(21)18(16)28-11-12-6-4-3-5-7-12/h3-9,25H,10-11,24H2,1-2H3. The molecule has 1 atom stereocenters. The van der Waals surface area contributed by atoms with E-state index in [2.05, 4.69) is 5.32 Å². The van der Waals surface area contributed by atoms with Crippen LogP contribution >= 0.6 is 34.8 Å². The molecule has 1 amide bonds. The number of amides is 1. The summed E-state index contributed by atoms with van der Waals surface area (Å²) in [4.78, 5) is 12.4. The normalized spacial score (nSPS) is 18.4. The van der Waals surface area contributed by atoms with Gasteiger partial charge in [0.2, 0.25) is 5.91 Å². The predicted molar refractivity (Wildman–Crippen MR) is 115 cm³/mol. The van der Waals surface area contributed by atoms with E-state index in [4.69, 9.17) is 45.3 Å². The second-order valence-corrected chi connectivity index (χ2v) is 8.06. The number of carbonyl (C=O) groups is 1. The Hall–Kier alpha value is -1.92. The highest BCUT2D eigenvalue weighted by atomic mass is 35.5. The molecule has 0 radical (unpaired) electrons. The maximum Gasteiger partial charge on any atom is 0.240 e. The lowest BCUT2D eigenvalue weighted by Gasteiger charge is -2.39. The number of hydrogen-bond donors (Lipinski definition) is 2. The Morgan fingerprint density at radius 2 is 1.89 bits per heavy atom. The van der Waals surface area contributed by atoms with Gasteiger partial charge >= 0.3 is 0 Å². The molecule has 0 aromatic heterocycles. The van der Waals surface area contributed by atoms with Crippen LogP contribution in [-0.2, 0) is 11.4 Å². The average Bonchev–Trinajstić information content (AvgIpc) is 2.67. The van der Waals surface area contributed by atoms with Gasteiger partial charge in [-0.3, -0.25) is 4.79 Å². The molecule has 3 N–H and O–H groups in total. The molecular formula is C20H20Cl3N3O2. The van der Waals surface area contributed by atoms with E-state index in [9.17, 15) is 4.79 Å². The van der Waals surface area contributed by atoms with Crippen LogP contribution in [0.5, 0.6) is 5.75 Å². The van der Waals surface area contributed by atoms with Crippen molar-refractivity contribution in [2.75, 3.05) is 18.9 Å². The van der Waals surface area contributed by atoms with E-state index in [0.29, 0.717) is 34.3 Å². The van der Waals surface area contributed by atoms with Crippen molar-refractivity contribution in [2.24, 2.45) is 5.73 Å². The third kappa shape index (κ3) is 3.94. The zero-order valence-corrected chi connectivity index (χ0v) is 17.7. The van der Waals surface area contributed by atoms with Crippen LogP contribution in [0.4, 0.5) is 5.69 Å². The largest absolute Gasteiger partial charge is 0.487 e. The predicted octanol–water partition coefficient (Wildman–Crippen LogP) is 4.62. The van der Waals surface area contributed by atoms with E-state index >= 15 is 0 Å². The summed E-state index contributed by atoms with van der Waals surface area (Å²) in [7, 11) is 1.58. The monoisotopic (exact) mass is 439 g/mol. The first-order valence-corrected chi connectivity index (χ1v) is 9.73. The third-order valence-electron chi connectivity index (χ3n) is 4.46. The number of rotatable bonds is 5. The minimum atomic E-state index is -1.12. The Labute approximate surface area is 179 Å². The molecule has 1 aliphatic rings. The van der Waals surface area contributed by atoms with Gasteiger partial charge in [-0.05, 0) is 24.6 Å². The minimum Gasteiger partial charge on any atom is -0.487 e. The quantitative estimate of drug-likeness (QED) is 0.526. The highest BCUT2D eigenvalue weighted by Gasteiger charge is 2.40. The van der Waals surface area contributed by atoms with Gasteiger partial charge in [-0.1, -0.05) is 65.1 Å². The number of anilines is 1. The highest BCUT2D eigenvalue weighted by Crippen LogP contribution is 2.49. The number of fused-ring (bicyclic) bond motifs is 1. The van der Waals surface area contributed by atoms with Gasteiger partial charge in [-0.25, -0.2) is 0 Å².